The molecule has 8 nitrogen and oxygen atoms in total. The number of benzene rings is 2. The number of likely N-dealkylation sites (N-methyl/N-ethyl adjacent to an activating group) is 1. The number of likely N-dealkylation sites (tertiary alicyclic amines) is 1. The topological polar surface area (TPSA) is 98.3 Å². The number of carbonyl (C=O) groups is 1. The van der Waals surface area contributed by atoms with E-state index in [0.717, 1.165) is 47.0 Å². The lowest BCUT2D eigenvalue weighted by molar-refractivity contribution is -0.125. The third kappa shape index (κ3) is 5.39. The van der Waals surface area contributed by atoms with Crippen LogP contribution in [0.5, 0.6) is 11.5 Å². The molecular formula is C33H35FN6O2. The summed E-state index contributed by atoms with van der Waals surface area (Å²) in [4.78, 5) is 24.4. The van der Waals surface area contributed by atoms with Gasteiger partial charge in [-0.05, 0) is 74.6 Å². The highest BCUT2D eigenvalue weighted by atomic mass is 19.1. The Morgan fingerprint density at radius 3 is 2.64 bits per heavy atom. The van der Waals surface area contributed by atoms with Gasteiger partial charge in [-0.25, -0.2) is 14.4 Å². The van der Waals surface area contributed by atoms with Crippen LogP contribution in [0.3, 0.4) is 0 Å². The minimum Gasteiger partial charge on any atom is -0.457 e. The Morgan fingerprint density at radius 2 is 1.95 bits per heavy atom. The fraction of sp³-hybridized carbons (Fsp3) is 0.303. The summed E-state index contributed by atoms with van der Waals surface area (Å²) in [5, 5.41) is 3.85. The van der Waals surface area contributed by atoms with Crippen LogP contribution >= 0.6 is 0 Å². The molecule has 1 amide bonds. The van der Waals surface area contributed by atoms with Crippen LogP contribution in [0.2, 0.25) is 0 Å². The highest BCUT2D eigenvalue weighted by molar-refractivity contribution is 6.03. The molecule has 216 valence electrons. The number of hydrogen-bond acceptors (Lipinski definition) is 6. The SMILES string of the molecule is C=C(C)c1nc(N)c2c(-c3ccc(Oc4cccc(F)c4)cc3)c(C3CC3)n([C@@H]3CCN(C(=O)/C=C/CNC)C3)c2n1. The zero-order chi connectivity index (χ0) is 29.4. The zero-order valence-corrected chi connectivity index (χ0v) is 23.9. The first kappa shape index (κ1) is 27.7. The number of nitrogen functional groups attached to an aromatic ring is 1. The van der Waals surface area contributed by atoms with Crippen molar-refractivity contribution < 1.29 is 13.9 Å². The van der Waals surface area contributed by atoms with Crippen molar-refractivity contribution in [2.45, 2.75) is 38.1 Å². The first-order valence-corrected chi connectivity index (χ1v) is 14.3. The van der Waals surface area contributed by atoms with Gasteiger partial charge in [-0.15, -0.1) is 0 Å². The number of fused-ring (bicyclic) bond motifs is 1. The van der Waals surface area contributed by atoms with Crippen molar-refractivity contribution in [2.24, 2.45) is 0 Å². The van der Waals surface area contributed by atoms with Gasteiger partial charge >= 0.3 is 0 Å². The van der Waals surface area contributed by atoms with Crippen LogP contribution in [-0.4, -0.2) is 52.0 Å². The van der Waals surface area contributed by atoms with Gasteiger partial charge in [0.05, 0.1) is 11.4 Å². The Kier molecular flexibility index (Phi) is 7.51. The number of halogens is 1. The molecule has 0 spiro atoms. The lowest BCUT2D eigenvalue weighted by Gasteiger charge is -2.19. The second kappa shape index (κ2) is 11.4. The normalized spacial score (nSPS) is 16.9. The minimum absolute atomic E-state index is 0.0167. The minimum atomic E-state index is -0.350. The Labute approximate surface area is 244 Å². The molecule has 0 unspecified atom stereocenters. The maximum atomic E-state index is 13.7. The molecule has 1 atom stereocenters. The average molecular weight is 567 g/mol. The summed E-state index contributed by atoms with van der Waals surface area (Å²) in [6.45, 7) is 7.85. The van der Waals surface area contributed by atoms with E-state index in [2.05, 4.69) is 21.4 Å². The third-order valence-electron chi connectivity index (χ3n) is 7.85. The van der Waals surface area contributed by atoms with E-state index in [0.29, 0.717) is 48.7 Å². The standard InChI is InChI=1S/C33H35FN6O2/c1-20(2)32-37-31(35)29-28(21-11-13-25(14-12-21)42-26-7-4-6-23(34)18-26)30(22-9-10-22)40(33(29)38-32)24-15-17-39(19-24)27(41)8-5-16-36-3/h4-8,11-14,18,22,24,36H,1,9-10,15-17,19H2,2-3H3,(H2,35,37,38)/b8-5+/t24-/m1/s1. The molecule has 2 aromatic heterocycles. The fourth-order valence-electron chi connectivity index (χ4n) is 5.74. The molecule has 0 bridgehead atoms. The third-order valence-corrected chi connectivity index (χ3v) is 7.85. The zero-order valence-electron chi connectivity index (χ0n) is 23.9. The Morgan fingerprint density at radius 1 is 1.17 bits per heavy atom. The molecule has 0 radical (unpaired) electrons. The predicted molar refractivity (Wildman–Crippen MR) is 164 cm³/mol. The Balaban J connectivity index is 1.43. The number of carbonyl (C=O) groups excluding carboxylic acids is 1. The van der Waals surface area contributed by atoms with E-state index >= 15 is 0 Å². The lowest BCUT2D eigenvalue weighted by atomic mass is 10.00. The molecule has 42 heavy (non-hydrogen) atoms. The monoisotopic (exact) mass is 566 g/mol. The van der Waals surface area contributed by atoms with Crippen molar-refractivity contribution in [3.8, 4) is 22.6 Å². The number of rotatable bonds is 9. The number of nitrogens with two attached hydrogens (primary N) is 1. The van der Waals surface area contributed by atoms with E-state index in [1.165, 1.54) is 17.8 Å². The average Bonchev–Trinajstić information content (AvgIpc) is 3.58. The van der Waals surface area contributed by atoms with Crippen molar-refractivity contribution in [3.63, 3.8) is 0 Å². The van der Waals surface area contributed by atoms with Crippen molar-refractivity contribution in [1.29, 1.82) is 0 Å². The molecule has 1 aliphatic heterocycles. The van der Waals surface area contributed by atoms with E-state index in [9.17, 15) is 9.18 Å². The summed E-state index contributed by atoms with van der Waals surface area (Å²) in [7, 11) is 1.85. The molecule has 9 heteroatoms. The van der Waals surface area contributed by atoms with Crippen molar-refractivity contribution in [3.05, 3.63) is 84.6 Å². The summed E-state index contributed by atoms with van der Waals surface area (Å²) in [5.74, 6) is 2.00. The number of allylic oxidation sites excluding steroid dienone is 1. The van der Waals surface area contributed by atoms with Gasteiger partial charge in [-0.2, -0.15) is 0 Å². The van der Waals surface area contributed by atoms with E-state index < -0.39 is 0 Å². The van der Waals surface area contributed by atoms with Gasteiger partial charge in [-0.1, -0.05) is 30.9 Å². The summed E-state index contributed by atoms with van der Waals surface area (Å²) in [5.41, 5.74) is 11.4. The van der Waals surface area contributed by atoms with Crippen LogP contribution in [0.1, 0.15) is 49.7 Å². The van der Waals surface area contributed by atoms with Gasteiger partial charge in [0.15, 0.2) is 5.82 Å². The molecule has 1 saturated carbocycles. The number of amides is 1. The van der Waals surface area contributed by atoms with Crippen molar-refractivity contribution in [2.75, 3.05) is 32.4 Å². The largest absolute Gasteiger partial charge is 0.457 e. The van der Waals surface area contributed by atoms with Gasteiger partial charge in [-0.3, -0.25) is 4.79 Å². The quantitative estimate of drug-likeness (QED) is 0.239. The lowest BCUT2D eigenvalue weighted by Crippen LogP contribution is -2.28. The maximum Gasteiger partial charge on any atom is 0.246 e. The van der Waals surface area contributed by atoms with Gasteiger partial charge in [0.25, 0.3) is 0 Å². The Bertz CT molecular complexity index is 1690. The summed E-state index contributed by atoms with van der Waals surface area (Å²) in [6.07, 6.45) is 6.47. The predicted octanol–water partition coefficient (Wildman–Crippen LogP) is 6.07. The van der Waals surface area contributed by atoms with E-state index in [1.807, 2.05) is 49.2 Å². The molecular weight excluding hydrogens is 531 g/mol. The Hall–Kier alpha value is -4.50. The summed E-state index contributed by atoms with van der Waals surface area (Å²) in [6, 6.07) is 13.9. The number of nitrogens with zero attached hydrogens (tertiary/aromatic N) is 4. The van der Waals surface area contributed by atoms with Gasteiger partial charge in [0, 0.05) is 43.0 Å². The number of ether oxygens (including phenoxy) is 1. The molecule has 1 aliphatic carbocycles. The molecule has 4 aromatic rings. The first-order chi connectivity index (χ1) is 20.3. The molecule has 2 aromatic carbocycles. The number of anilines is 1. The van der Waals surface area contributed by atoms with E-state index in [1.54, 1.807) is 18.2 Å². The van der Waals surface area contributed by atoms with Crippen LogP contribution in [0.4, 0.5) is 10.2 Å². The molecule has 1 saturated heterocycles. The molecule has 2 aliphatic rings. The van der Waals surface area contributed by atoms with Crippen LogP contribution in [0.15, 0.2) is 67.3 Å². The van der Waals surface area contributed by atoms with Gasteiger partial charge in [0.1, 0.15) is 28.8 Å². The highest BCUT2D eigenvalue weighted by Gasteiger charge is 2.38. The van der Waals surface area contributed by atoms with Gasteiger partial charge in [0.2, 0.25) is 5.91 Å². The smallest absolute Gasteiger partial charge is 0.246 e. The number of nitrogens with one attached hydrogen (secondary N) is 1. The van der Waals surface area contributed by atoms with Crippen LogP contribution in [-0.2, 0) is 4.79 Å². The maximum absolute atomic E-state index is 13.7. The van der Waals surface area contributed by atoms with Crippen LogP contribution in [0.25, 0.3) is 27.7 Å². The second-order valence-corrected chi connectivity index (χ2v) is 11.1. The van der Waals surface area contributed by atoms with Crippen molar-refractivity contribution >= 4 is 28.3 Å². The van der Waals surface area contributed by atoms with E-state index in [-0.39, 0.29) is 17.8 Å². The molecule has 3 heterocycles. The van der Waals surface area contributed by atoms with E-state index in [4.69, 9.17) is 15.5 Å². The fourth-order valence-corrected chi connectivity index (χ4v) is 5.74. The number of aromatic nitrogens is 3. The number of hydrogen-bond donors (Lipinski definition) is 2. The summed E-state index contributed by atoms with van der Waals surface area (Å²) >= 11 is 0. The van der Waals surface area contributed by atoms with Crippen LogP contribution in [0, 0.1) is 5.82 Å². The van der Waals surface area contributed by atoms with Gasteiger partial charge < -0.3 is 25.3 Å². The first-order valence-electron chi connectivity index (χ1n) is 14.3. The second-order valence-electron chi connectivity index (χ2n) is 11.1. The van der Waals surface area contributed by atoms with Crippen molar-refractivity contribution in [1.82, 2.24) is 24.8 Å². The highest BCUT2D eigenvalue weighted by Crippen LogP contribution is 2.51. The molecule has 2 fully saturated rings. The van der Waals surface area contributed by atoms with Crippen LogP contribution < -0.4 is 15.8 Å². The summed E-state index contributed by atoms with van der Waals surface area (Å²) < 4.78 is 21.9. The molecule has 3 N–H and O–H groups in total. The molecule has 6 rings (SSSR count).